The van der Waals surface area contributed by atoms with E-state index in [9.17, 15) is 9.13 Å². The third kappa shape index (κ3) is 11.5. The van der Waals surface area contributed by atoms with Crippen molar-refractivity contribution in [3.8, 4) is 0 Å². The quantitative estimate of drug-likeness (QED) is 0.563. The molecule has 0 saturated heterocycles. The fourth-order valence-electron chi connectivity index (χ4n) is 0.287. The summed E-state index contributed by atoms with van der Waals surface area (Å²) in [6.07, 6.45) is -7.12. The molecular weight excluding hydrogens is 292 g/mol. The van der Waals surface area contributed by atoms with Gasteiger partial charge in [0.1, 0.15) is 0 Å². The van der Waals surface area contributed by atoms with Gasteiger partial charge in [0.2, 0.25) is 0 Å². The largest absolute Gasteiger partial charge is 0.380 e. The monoisotopic (exact) mass is 294 g/mol. The number of halogens is 4. The van der Waals surface area contributed by atoms with Gasteiger partial charge in [0.15, 0.2) is 0 Å². The lowest BCUT2D eigenvalue weighted by atomic mass is 10.8. The van der Waals surface area contributed by atoms with Crippen LogP contribution in [0.2, 0.25) is 0 Å². The van der Waals surface area contributed by atoms with Crippen LogP contribution in [0.1, 0.15) is 0 Å². The van der Waals surface area contributed by atoms with Gasteiger partial charge in [0.05, 0.1) is 13.2 Å². The van der Waals surface area contributed by atoms with Crippen molar-refractivity contribution in [1.29, 1.82) is 0 Å². The second-order valence-corrected chi connectivity index (χ2v) is 10.0. The predicted octanol–water partition coefficient (Wildman–Crippen LogP) is 4.19. The molecule has 0 radical (unpaired) electrons. The molecule has 0 N–H and O–H groups in total. The molecule has 74 valence electrons. The van der Waals surface area contributed by atoms with Gasteiger partial charge in [-0.2, -0.15) is 0 Å². The van der Waals surface area contributed by atoms with Crippen LogP contribution >= 0.6 is 57.1 Å². The van der Waals surface area contributed by atoms with E-state index in [1.807, 2.05) is 0 Å². The maximum absolute atomic E-state index is 10.5. The summed E-state index contributed by atoms with van der Waals surface area (Å²) in [7, 11) is 0. The minimum atomic E-state index is -3.56. The molecule has 12 heavy (non-hydrogen) atoms. The molecule has 0 fully saturated rings. The molecule has 0 bridgehead atoms. The summed E-state index contributed by atoms with van der Waals surface area (Å²) in [6.45, 7) is -0.401. The zero-order valence-corrected chi connectivity index (χ0v) is 10.3. The lowest BCUT2D eigenvalue weighted by molar-refractivity contribution is 0.235. The Morgan fingerprint density at radius 3 is 1.25 bits per heavy atom. The van der Waals surface area contributed by atoms with Crippen molar-refractivity contribution in [1.82, 2.24) is 0 Å². The van der Waals surface area contributed by atoms with Gasteiger partial charge in [-0.3, -0.25) is 9.13 Å². The number of rotatable bonds is 5. The molecule has 0 aromatic rings. The van der Waals surface area contributed by atoms with Gasteiger partial charge in [-0.1, -0.05) is 0 Å². The second-order valence-electron chi connectivity index (χ2n) is 1.50. The molecule has 0 unspecified atom stereocenters. The van der Waals surface area contributed by atoms with Gasteiger partial charge in [0, 0.05) is 0 Å². The van der Waals surface area contributed by atoms with Crippen LogP contribution in [0.4, 0.5) is 0 Å². The van der Waals surface area contributed by atoms with E-state index in [-0.39, 0.29) is 13.2 Å². The zero-order chi connectivity index (χ0) is 9.83. The SMILES string of the molecule is O=P(Cl)(Cl)OCCOP(=O)(Cl)Cl. The summed E-state index contributed by atoms with van der Waals surface area (Å²) in [4.78, 5) is 0. The van der Waals surface area contributed by atoms with Crippen molar-refractivity contribution in [3.05, 3.63) is 0 Å². The third-order valence-electron chi connectivity index (χ3n) is 0.566. The first kappa shape index (κ1) is 13.5. The maximum Gasteiger partial charge on any atom is 0.380 e. The van der Waals surface area contributed by atoms with Crippen LogP contribution in [0, 0.1) is 0 Å². The Kier molecular flexibility index (Phi) is 6.12. The molecule has 0 saturated carbocycles. The number of hydrogen-bond donors (Lipinski definition) is 0. The number of hydrogen-bond acceptors (Lipinski definition) is 4. The van der Waals surface area contributed by atoms with Crippen molar-refractivity contribution < 1.29 is 18.2 Å². The molecule has 0 aliphatic rings. The molecule has 0 aliphatic heterocycles. The Bertz CT molecular complexity index is 195. The average molecular weight is 296 g/mol. The standard InChI is InChI=1S/C2H4Cl4O4P2/c3-11(4,7)9-1-2-10-12(5,6)8/h1-2H2. The lowest BCUT2D eigenvalue weighted by Crippen LogP contribution is -1.96. The van der Waals surface area contributed by atoms with Gasteiger partial charge >= 0.3 is 12.1 Å². The molecule has 0 aromatic heterocycles. The van der Waals surface area contributed by atoms with Crippen LogP contribution in [-0.4, -0.2) is 13.2 Å². The Labute approximate surface area is 88.5 Å². The van der Waals surface area contributed by atoms with Gasteiger partial charge in [-0.25, -0.2) is 0 Å². The summed E-state index contributed by atoms with van der Waals surface area (Å²) < 4.78 is 29.6. The van der Waals surface area contributed by atoms with Crippen molar-refractivity contribution in [2.45, 2.75) is 0 Å². The van der Waals surface area contributed by atoms with E-state index in [4.69, 9.17) is 45.0 Å². The van der Waals surface area contributed by atoms with Crippen LogP contribution in [0.3, 0.4) is 0 Å². The highest BCUT2D eigenvalue weighted by Crippen LogP contribution is 2.59. The van der Waals surface area contributed by atoms with Crippen molar-refractivity contribution in [2.75, 3.05) is 13.2 Å². The van der Waals surface area contributed by atoms with E-state index in [1.165, 1.54) is 0 Å². The summed E-state index contributed by atoms with van der Waals surface area (Å²) in [5, 5.41) is 0. The van der Waals surface area contributed by atoms with Crippen molar-refractivity contribution in [3.63, 3.8) is 0 Å². The Hall–Kier alpha value is 1.54. The highest BCUT2D eigenvalue weighted by Gasteiger charge is 2.17. The zero-order valence-electron chi connectivity index (χ0n) is 5.45. The van der Waals surface area contributed by atoms with Crippen LogP contribution in [-0.2, 0) is 18.2 Å². The molecule has 0 atom stereocenters. The smallest absolute Gasteiger partial charge is 0.304 e. The topological polar surface area (TPSA) is 52.6 Å². The van der Waals surface area contributed by atoms with Crippen LogP contribution in [0.5, 0.6) is 0 Å². The van der Waals surface area contributed by atoms with E-state index in [0.29, 0.717) is 0 Å². The summed E-state index contributed by atoms with van der Waals surface area (Å²) >= 11 is 20.0. The normalized spacial score (nSPS) is 13.3. The van der Waals surface area contributed by atoms with Gasteiger partial charge in [0.25, 0.3) is 0 Å². The summed E-state index contributed by atoms with van der Waals surface area (Å²) in [6, 6.07) is 0. The lowest BCUT2D eigenvalue weighted by Gasteiger charge is -2.05. The van der Waals surface area contributed by atoms with Crippen molar-refractivity contribution >= 4 is 57.1 Å². The molecule has 0 amide bonds. The highest BCUT2D eigenvalue weighted by molar-refractivity contribution is 8.05. The maximum atomic E-state index is 10.5. The van der Waals surface area contributed by atoms with Gasteiger partial charge in [-0.05, 0) is 45.0 Å². The predicted molar refractivity (Wildman–Crippen MR) is 50.5 cm³/mol. The minimum absolute atomic E-state index is 0.201. The van der Waals surface area contributed by atoms with E-state index >= 15 is 0 Å². The van der Waals surface area contributed by atoms with E-state index < -0.39 is 12.1 Å². The van der Waals surface area contributed by atoms with E-state index in [2.05, 4.69) is 9.05 Å². The summed E-state index contributed by atoms with van der Waals surface area (Å²) in [5.41, 5.74) is 0. The molecular formula is C2H4Cl4O4P2. The first-order valence-electron chi connectivity index (χ1n) is 2.48. The average Bonchev–Trinajstić information content (AvgIpc) is 1.76. The molecule has 0 aliphatic carbocycles. The fraction of sp³-hybridized carbons (Fsp3) is 1.00. The Morgan fingerprint density at radius 1 is 0.833 bits per heavy atom. The minimum Gasteiger partial charge on any atom is -0.304 e. The first-order valence-corrected chi connectivity index (χ1v) is 9.35. The molecule has 0 heterocycles. The Morgan fingerprint density at radius 2 is 1.08 bits per heavy atom. The summed E-state index contributed by atoms with van der Waals surface area (Å²) in [5.74, 6) is 0. The molecule has 4 nitrogen and oxygen atoms in total. The van der Waals surface area contributed by atoms with Gasteiger partial charge < -0.3 is 9.05 Å². The van der Waals surface area contributed by atoms with E-state index in [0.717, 1.165) is 0 Å². The first-order chi connectivity index (χ1) is 5.21. The third-order valence-corrected chi connectivity index (χ3v) is 2.70. The Balaban J connectivity index is 3.48. The van der Waals surface area contributed by atoms with Crippen LogP contribution in [0.25, 0.3) is 0 Å². The van der Waals surface area contributed by atoms with Gasteiger partial charge in [-0.15, -0.1) is 0 Å². The van der Waals surface area contributed by atoms with Crippen LogP contribution < -0.4 is 0 Å². The molecule has 0 rings (SSSR count). The highest BCUT2D eigenvalue weighted by atomic mass is 35.9. The molecule has 0 aromatic carbocycles. The molecule has 10 heteroatoms. The van der Waals surface area contributed by atoms with Crippen LogP contribution in [0.15, 0.2) is 0 Å². The second kappa shape index (κ2) is 5.43. The fourth-order valence-corrected chi connectivity index (χ4v) is 1.69. The van der Waals surface area contributed by atoms with E-state index in [1.54, 1.807) is 0 Å². The van der Waals surface area contributed by atoms with Crippen molar-refractivity contribution in [2.24, 2.45) is 0 Å². The molecule has 0 spiro atoms.